The molecule has 0 unspecified atom stereocenters. The number of aryl methyl sites for hydroxylation is 1. The Labute approximate surface area is 225 Å². The molecule has 2 aromatic rings. The molecule has 2 aliphatic rings. The van der Waals surface area contributed by atoms with E-state index in [2.05, 4.69) is 38.7 Å². The third-order valence-corrected chi connectivity index (χ3v) is 8.65. The molecule has 1 atom stereocenters. The summed E-state index contributed by atoms with van der Waals surface area (Å²) >= 11 is 1.64. The molecular formula is C29H42N4O3S. The minimum absolute atomic E-state index is 0.0679. The van der Waals surface area contributed by atoms with Crippen molar-refractivity contribution in [2.45, 2.75) is 77.3 Å². The normalized spacial score (nSPS) is 18.7. The lowest BCUT2D eigenvalue weighted by molar-refractivity contribution is -0.123. The number of amides is 1. The van der Waals surface area contributed by atoms with E-state index >= 15 is 0 Å². The van der Waals surface area contributed by atoms with E-state index in [-0.39, 0.29) is 11.9 Å². The van der Waals surface area contributed by atoms with Crippen LogP contribution in [0.1, 0.15) is 69.0 Å². The molecule has 37 heavy (non-hydrogen) atoms. The van der Waals surface area contributed by atoms with Gasteiger partial charge >= 0.3 is 0 Å². The molecule has 1 aromatic carbocycles. The van der Waals surface area contributed by atoms with E-state index in [0.29, 0.717) is 19.6 Å². The lowest BCUT2D eigenvalue weighted by atomic mass is 9.91. The number of carbonyl (C=O) groups excluding carboxylic acids is 2. The van der Waals surface area contributed by atoms with E-state index in [9.17, 15) is 9.59 Å². The highest BCUT2D eigenvalue weighted by Gasteiger charge is 2.22. The van der Waals surface area contributed by atoms with Crippen molar-refractivity contribution in [2.24, 2.45) is 5.92 Å². The number of aldehydes is 1. The van der Waals surface area contributed by atoms with Crippen molar-refractivity contribution in [1.29, 1.82) is 0 Å². The minimum Gasteiger partial charge on any atom is -0.493 e. The summed E-state index contributed by atoms with van der Waals surface area (Å²) in [6.45, 7) is 7.53. The maximum Gasteiger partial charge on any atom is 0.237 e. The second kappa shape index (κ2) is 14.6. The Morgan fingerprint density at radius 3 is 2.84 bits per heavy atom. The van der Waals surface area contributed by atoms with Crippen molar-refractivity contribution >= 4 is 23.5 Å². The number of piperidine rings is 1. The number of aromatic nitrogens is 1. The molecular weight excluding hydrogens is 484 g/mol. The van der Waals surface area contributed by atoms with Crippen LogP contribution in [-0.2, 0) is 16.1 Å². The zero-order valence-electron chi connectivity index (χ0n) is 22.2. The van der Waals surface area contributed by atoms with Crippen molar-refractivity contribution in [2.75, 3.05) is 32.8 Å². The first kappa shape index (κ1) is 27.7. The summed E-state index contributed by atoms with van der Waals surface area (Å²) in [6.07, 6.45) is 10.6. The Bertz CT molecular complexity index is 997. The van der Waals surface area contributed by atoms with Crippen molar-refractivity contribution in [1.82, 2.24) is 20.5 Å². The van der Waals surface area contributed by atoms with E-state index in [0.717, 1.165) is 84.8 Å². The Morgan fingerprint density at radius 1 is 1.24 bits per heavy atom. The van der Waals surface area contributed by atoms with Crippen LogP contribution < -0.4 is 15.4 Å². The van der Waals surface area contributed by atoms with Gasteiger partial charge in [0, 0.05) is 18.5 Å². The van der Waals surface area contributed by atoms with Gasteiger partial charge in [0.25, 0.3) is 0 Å². The average Bonchev–Trinajstić information content (AvgIpc) is 3.61. The summed E-state index contributed by atoms with van der Waals surface area (Å²) in [7, 11) is 0. The summed E-state index contributed by atoms with van der Waals surface area (Å²) in [6, 6.07) is 6.20. The van der Waals surface area contributed by atoms with Gasteiger partial charge in [0.2, 0.25) is 5.91 Å². The predicted octanol–water partition coefficient (Wildman–Crippen LogP) is 4.73. The molecule has 2 saturated heterocycles. The Morgan fingerprint density at radius 2 is 2.11 bits per heavy atom. The molecule has 2 N–H and O–H groups in total. The van der Waals surface area contributed by atoms with Crippen molar-refractivity contribution < 1.29 is 14.3 Å². The van der Waals surface area contributed by atoms with E-state index in [1.165, 1.54) is 32.4 Å². The van der Waals surface area contributed by atoms with Gasteiger partial charge in [-0.15, -0.1) is 11.3 Å². The SMILES string of the molecule is Cc1ncsc1-c1ccc(CNC(=O)[C@@H]2CCCN2)c(OCCCCN2CCC(CCCC=O)CC2)c1. The summed E-state index contributed by atoms with van der Waals surface area (Å²) in [5.41, 5.74) is 5.02. The maximum atomic E-state index is 12.5. The van der Waals surface area contributed by atoms with Crippen molar-refractivity contribution in [3.63, 3.8) is 0 Å². The molecule has 0 spiro atoms. The van der Waals surface area contributed by atoms with Crippen LogP contribution in [0.3, 0.4) is 0 Å². The van der Waals surface area contributed by atoms with Crippen molar-refractivity contribution in [3.05, 3.63) is 35.0 Å². The van der Waals surface area contributed by atoms with Crippen LogP contribution in [0.4, 0.5) is 0 Å². The van der Waals surface area contributed by atoms with Gasteiger partial charge in [-0.3, -0.25) is 4.79 Å². The Kier molecular flexibility index (Phi) is 10.9. The molecule has 7 nitrogen and oxygen atoms in total. The van der Waals surface area contributed by atoms with Crippen LogP contribution in [0.15, 0.2) is 23.7 Å². The highest BCUT2D eigenvalue weighted by Crippen LogP contribution is 2.32. The Hall–Kier alpha value is -2.29. The first-order chi connectivity index (χ1) is 18.1. The number of nitrogens with zero attached hydrogens (tertiary/aromatic N) is 2. The Balaban J connectivity index is 1.25. The first-order valence-electron chi connectivity index (χ1n) is 14.0. The highest BCUT2D eigenvalue weighted by molar-refractivity contribution is 7.13. The predicted molar refractivity (Wildman–Crippen MR) is 149 cm³/mol. The second-order valence-electron chi connectivity index (χ2n) is 10.4. The monoisotopic (exact) mass is 526 g/mol. The van der Waals surface area contributed by atoms with Gasteiger partial charge < -0.3 is 25.1 Å². The molecule has 4 rings (SSSR count). The maximum absolute atomic E-state index is 12.5. The van der Waals surface area contributed by atoms with E-state index in [4.69, 9.17) is 4.74 Å². The number of hydrogen-bond acceptors (Lipinski definition) is 7. The topological polar surface area (TPSA) is 83.6 Å². The number of likely N-dealkylation sites (tertiary alicyclic amines) is 1. The highest BCUT2D eigenvalue weighted by atomic mass is 32.1. The molecule has 0 saturated carbocycles. The third-order valence-electron chi connectivity index (χ3n) is 7.67. The van der Waals surface area contributed by atoms with Crippen LogP contribution in [0, 0.1) is 12.8 Å². The number of thiazole rings is 1. The summed E-state index contributed by atoms with van der Waals surface area (Å²) in [4.78, 5) is 31.2. The van der Waals surface area contributed by atoms with Gasteiger partial charge in [-0.25, -0.2) is 4.98 Å². The largest absolute Gasteiger partial charge is 0.493 e. The molecule has 202 valence electrons. The second-order valence-corrected chi connectivity index (χ2v) is 11.2. The number of ether oxygens (including phenoxy) is 1. The fraction of sp³-hybridized carbons (Fsp3) is 0.621. The van der Waals surface area contributed by atoms with Crippen LogP contribution in [0.25, 0.3) is 10.4 Å². The lowest BCUT2D eigenvalue weighted by Gasteiger charge is -2.31. The van der Waals surface area contributed by atoms with E-state index in [1.807, 2.05) is 12.4 Å². The number of hydrogen-bond donors (Lipinski definition) is 2. The molecule has 0 radical (unpaired) electrons. The van der Waals surface area contributed by atoms with Crippen molar-refractivity contribution in [3.8, 4) is 16.2 Å². The summed E-state index contributed by atoms with van der Waals surface area (Å²) in [5, 5.41) is 6.36. The number of rotatable bonds is 14. The average molecular weight is 527 g/mol. The summed E-state index contributed by atoms with van der Waals surface area (Å²) < 4.78 is 6.31. The number of unbranched alkanes of at least 4 members (excludes halogenated alkanes) is 2. The molecule has 3 heterocycles. The summed E-state index contributed by atoms with van der Waals surface area (Å²) in [5.74, 6) is 1.71. The van der Waals surface area contributed by atoms with Gasteiger partial charge in [0.15, 0.2) is 0 Å². The van der Waals surface area contributed by atoms with Gasteiger partial charge in [0.1, 0.15) is 12.0 Å². The van der Waals surface area contributed by atoms with Gasteiger partial charge in [0.05, 0.1) is 28.7 Å². The first-order valence-corrected chi connectivity index (χ1v) is 14.8. The van der Waals surface area contributed by atoms with Gasteiger partial charge in [-0.2, -0.15) is 0 Å². The number of benzene rings is 1. The molecule has 1 amide bonds. The zero-order chi connectivity index (χ0) is 25.9. The quantitative estimate of drug-likeness (QED) is 0.274. The standard InChI is InChI=1S/C29H42N4O3S/c1-22-28(37-21-32-22)24-9-10-25(20-31-29(35)26-8-6-13-30-26)27(19-24)36-18-5-3-14-33-15-11-23(12-16-33)7-2-4-17-34/h9-10,17,19,21,23,26,30H,2-8,11-16,18,20H2,1H3,(H,31,35)/t26-/m0/s1. The van der Waals surface area contributed by atoms with Crippen LogP contribution in [-0.4, -0.2) is 60.9 Å². The number of nitrogens with one attached hydrogen (secondary N) is 2. The molecule has 1 aromatic heterocycles. The van der Waals surface area contributed by atoms with Gasteiger partial charge in [-0.1, -0.05) is 12.1 Å². The third kappa shape index (κ3) is 8.35. The fourth-order valence-corrected chi connectivity index (χ4v) is 6.18. The van der Waals surface area contributed by atoms with Crippen LogP contribution in [0.5, 0.6) is 5.75 Å². The smallest absolute Gasteiger partial charge is 0.237 e. The fourth-order valence-electron chi connectivity index (χ4n) is 5.38. The molecule has 2 aliphatic heterocycles. The van der Waals surface area contributed by atoms with Crippen LogP contribution >= 0.6 is 11.3 Å². The lowest BCUT2D eigenvalue weighted by Crippen LogP contribution is -2.40. The minimum atomic E-state index is -0.0788. The van der Waals surface area contributed by atoms with Crippen LogP contribution in [0.2, 0.25) is 0 Å². The van der Waals surface area contributed by atoms with Gasteiger partial charge in [-0.05, 0) is 102 Å². The zero-order valence-corrected chi connectivity index (χ0v) is 23.0. The molecule has 8 heteroatoms. The molecule has 0 aliphatic carbocycles. The van der Waals surface area contributed by atoms with E-state index in [1.54, 1.807) is 11.3 Å². The molecule has 0 bridgehead atoms. The molecule has 2 fully saturated rings. The van der Waals surface area contributed by atoms with E-state index < -0.39 is 0 Å². The number of carbonyl (C=O) groups is 2.